The maximum atomic E-state index is 14.5. The quantitative estimate of drug-likeness (QED) is 0.637. The minimum Gasteiger partial charge on any atom is -0.384 e. The number of aryl methyl sites for hydroxylation is 1. The van der Waals surface area contributed by atoms with E-state index in [9.17, 15) is 26.0 Å². The molecule has 0 bridgehead atoms. The number of nitrogens with zero attached hydrogens (tertiary/aromatic N) is 4. The van der Waals surface area contributed by atoms with E-state index in [0.717, 1.165) is 4.31 Å². The molecule has 1 fully saturated rings. The van der Waals surface area contributed by atoms with E-state index in [1.165, 1.54) is 26.4 Å². The summed E-state index contributed by atoms with van der Waals surface area (Å²) < 4.78 is 84.4. The van der Waals surface area contributed by atoms with Gasteiger partial charge in [-0.3, -0.25) is 4.98 Å². The van der Waals surface area contributed by atoms with Crippen LogP contribution in [0.3, 0.4) is 0 Å². The van der Waals surface area contributed by atoms with E-state index >= 15 is 0 Å². The topological polar surface area (TPSA) is 87.1 Å². The second kappa shape index (κ2) is 9.12. The molecule has 1 aromatic heterocycles. The van der Waals surface area contributed by atoms with Crippen LogP contribution in [0.2, 0.25) is 0 Å². The molecule has 1 saturated heterocycles. The maximum absolute atomic E-state index is 14.5. The predicted octanol–water partition coefficient (Wildman–Crippen LogP) is 2.67. The minimum atomic E-state index is -3.83. The molecule has 184 valence electrons. The molecule has 1 N–H and O–H groups in total. The third-order valence-electron chi connectivity index (χ3n) is 5.68. The highest BCUT2D eigenvalue weighted by atomic mass is 32.2. The fraction of sp³-hybridized carbons (Fsp3) is 0.429. The first-order valence-corrected chi connectivity index (χ1v) is 11.8. The number of amidine groups is 1. The molecule has 3 atom stereocenters. The van der Waals surface area contributed by atoms with Crippen molar-refractivity contribution < 1.29 is 30.8 Å². The first kappa shape index (κ1) is 24.4. The Balaban J connectivity index is 1.55. The first-order chi connectivity index (χ1) is 16.0. The van der Waals surface area contributed by atoms with Crippen LogP contribution >= 0.6 is 0 Å². The Morgan fingerprint density at radius 1 is 1.15 bits per heavy atom. The molecule has 8 nitrogen and oxygen atoms in total. The van der Waals surface area contributed by atoms with Gasteiger partial charge in [-0.2, -0.15) is 17.4 Å². The van der Waals surface area contributed by atoms with Crippen molar-refractivity contribution in [3.05, 3.63) is 53.1 Å². The zero-order valence-electron chi connectivity index (χ0n) is 18.6. The van der Waals surface area contributed by atoms with Crippen LogP contribution in [0.5, 0.6) is 0 Å². The number of hydrogen-bond donors (Lipinski definition) is 1. The molecule has 4 rings (SSSR count). The Kier molecular flexibility index (Phi) is 6.53. The lowest BCUT2D eigenvalue weighted by atomic mass is 9.97. The van der Waals surface area contributed by atoms with Gasteiger partial charge in [0.2, 0.25) is 0 Å². The average Bonchev–Trinajstić information content (AvgIpc) is 3.34. The molecule has 0 radical (unpaired) electrons. The van der Waals surface area contributed by atoms with Crippen LogP contribution in [0.25, 0.3) is 11.1 Å². The maximum Gasteiger partial charge on any atom is 0.279 e. The molecular formula is C21H23F4N5O3S. The number of pyridine rings is 1. The Morgan fingerprint density at radius 3 is 2.47 bits per heavy atom. The lowest BCUT2D eigenvalue weighted by Gasteiger charge is -2.19. The van der Waals surface area contributed by atoms with Crippen molar-refractivity contribution in [2.75, 3.05) is 27.2 Å². The molecule has 2 aliphatic rings. The van der Waals surface area contributed by atoms with Crippen LogP contribution in [-0.2, 0) is 15.0 Å². The third-order valence-corrected chi connectivity index (χ3v) is 7.25. The molecular weight excluding hydrogens is 478 g/mol. The Hall–Kier alpha value is -2.77. The minimum absolute atomic E-state index is 0.0263. The molecule has 1 aromatic carbocycles. The highest BCUT2D eigenvalue weighted by molar-refractivity contribution is 7.87. The van der Waals surface area contributed by atoms with Gasteiger partial charge in [0.25, 0.3) is 10.2 Å². The molecule has 34 heavy (non-hydrogen) atoms. The van der Waals surface area contributed by atoms with E-state index in [0.29, 0.717) is 23.5 Å². The zero-order chi connectivity index (χ0) is 24.8. The second-order valence-corrected chi connectivity index (χ2v) is 10.3. The highest BCUT2D eigenvalue weighted by Gasteiger charge is 2.40. The van der Waals surface area contributed by atoms with E-state index in [4.69, 9.17) is 4.84 Å². The van der Waals surface area contributed by atoms with E-state index in [1.807, 2.05) is 0 Å². The molecule has 0 saturated carbocycles. The fourth-order valence-electron chi connectivity index (χ4n) is 3.92. The Bertz CT molecular complexity index is 1220. The van der Waals surface area contributed by atoms with Gasteiger partial charge in [0.1, 0.15) is 29.5 Å². The summed E-state index contributed by atoms with van der Waals surface area (Å²) in [5.74, 6) is -2.85. The van der Waals surface area contributed by atoms with Crippen molar-refractivity contribution in [3.63, 3.8) is 0 Å². The van der Waals surface area contributed by atoms with Gasteiger partial charge in [-0.1, -0.05) is 5.16 Å². The average molecular weight is 502 g/mol. The van der Waals surface area contributed by atoms with Crippen molar-refractivity contribution in [1.82, 2.24) is 18.9 Å². The number of halogens is 4. The second-order valence-electron chi connectivity index (χ2n) is 8.43. The van der Waals surface area contributed by atoms with Crippen LogP contribution in [0.4, 0.5) is 17.6 Å². The van der Waals surface area contributed by atoms with Crippen LogP contribution < -0.4 is 4.72 Å². The number of rotatable bonds is 5. The number of nitrogens with one attached hydrogen (secondary N) is 1. The third kappa shape index (κ3) is 4.72. The number of benzene rings is 1. The summed E-state index contributed by atoms with van der Waals surface area (Å²) in [6.45, 7) is 1.61. The molecule has 2 aromatic rings. The van der Waals surface area contributed by atoms with Gasteiger partial charge in [0.15, 0.2) is 6.10 Å². The van der Waals surface area contributed by atoms with Gasteiger partial charge in [0, 0.05) is 44.5 Å². The van der Waals surface area contributed by atoms with Crippen molar-refractivity contribution in [1.29, 1.82) is 0 Å². The lowest BCUT2D eigenvalue weighted by Crippen LogP contribution is -2.46. The van der Waals surface area contributed by atoms with Gasteiger partial charge >= 0.3 is 0 Å². The van der Waals surface area contributed by atoms with Crippen molar-refractivity contribution in [3.8, 4) is 11.1 Å². The molecule has 1 unspecified atom stereocenters. The van der Waals surface area contributed by atoms with Gasteiger partial charge in [0.05, 0.1) is 30.3 Å². The summed E-state index contributed by atoms with van der Waals surface area (Å²) in [5, 5.41) is 3.99. The molecule has 0 aliphatic carbocycles. The van der Waals surface area contributed by atoms with Gasteiger partial charge < -0.3 is 9.74 Å². The zero-order valence-corrected chi connectivity index (χ0v) is 19.4. The highest BCUT2D eigenvalue weighted by Crippen LogP contribution is 2.37. The SMILES string of the molecule is Cc1cnc([C@@H]2CC(N3CC(NS(=O)(=O)N(C)C)[C@H](F)C3)=NO2)c(-c2c(F)cc(F)cc2F)c1. The van der Waals surface area contributed by atoms with Crippen LogP contribution in [-0.4, -0.2) is 67.8 Å². The Morgan fingerprint density at radius 2 is 1.82 bits per heavy atom. The summed E-state index contributed by atoms with van der Waals surface area (Å²) in [6, 6.07) is 1.71. The summed E-state index contributed by atoms with van der Waals surface area (Å²) >= 11 is 0. The fourth-order valence-corrected chi connectivity index (χ4v) is 4.73. The monoisotopic (exact) mass is 501 g/mol. The van der Waals surface area contributed by atoms with E-state index in [1.54, 1.807) is 11.8 Å². The first-order valence-electron chi connectivity index (χ1n) is 10.4. The predicted molar refractivity (Wildman–Crippen MR) is 116 cm³/mol. The number of alkyl halides is 1. The summed E-state index contributed by atoms with van der Waals surface area (Å²) in [6.07, 6.45) is -0.691. The molecule has 0 amide bonds. The summed E-state index contributed by atoms with van der Waals surface area (Å²) in [7, 11) is -1.16. The van der Waals surface area contributed by atoms with Gasteiger partial charge in [-0.05, 0) is 18.6 Å². The van der Waals surface area contributed by atoms with E-state index in [-0.39, 0.29) is 30.8 Å². The number of aromatic nitrogens is 1. The van der Waals surface area contributed by atoms with Crippen LogP contribution in [0.15, 0.2) is 29.6 Å². The molecule has 3 heterocycles. The number of likely N-dealkylation sites (tertiary alicyclic amines) is 1. The number of hydrogen-bond acceptors (Lipinski definition) is 6. The van der Waals surface area contributed by atoms with Crippen molar-refractivity contribution >= 4 is 16.0 Å². The molecule has 13 heteroatoms. The summed E-state index contributed by atoms with van der Waals surface area (Å²) in [4.78, 5) is 11.3. The lowest BCUT2D eigenvalue weighted by molar-refractivity contribution is 0.0828. The molecule has 2 aliphatic heterocycles. The van der Waals surface area contributed by atoms with E-state index in [2.05, 4.69) is 14.9 Å². The van der Waals surface area contributed by atoms with Crippen LogP contribution in [0.1, 0.15) is 23.8 Å². The number of oxime groups is 1. The Labute approximate surface area is 194 Å². The van der Waals surface area contributed by atoms with Crippen LogP contribution in [0, 0.1) is 24.4 Å². The van der Waals surface area contributed by atoms with E-state index < -0.39 is 51.5 Å². The standard InChI is InChI=1S/C21H23F4N5O3S/c1-11-4-13(20-14(23)5-12(22)6-15(20)24)21(26-8-11)18-7-19(27-33-18)30-9-16(25)17(10-30)28-34(31,32)29(2)3/h4-6,8,16-18,28H,7,9-10H2,1-3H3/t16-,17?,18+/m1/s1. The smallest absolute Gasteiger partial charge is 0.279 e. The van der Waals surface area contributed by atoms with Crippen molar-refractivity contribution in [2.24, 2.45) is 5.16 Å². The van der Waals surface area contributed by atoms with Gasteiger partial charge in [-0.15, -0.1) is 0 Å². The van der Waals surface area contributed by atoms with Gasteiger partial charge in [-0.25, -0.2) is 17.6 Å². The largest absolute Gasteiger partial charge is 0.384 e. The normalized spacial score (nSPS) is 22.9. The summed E-state index contributed by atoms with van der Waals surface area (Å²) in [5.41, 5.74) is 0.470. The molecule has 0 spiro atoms. The van der Waals surface area contributed by atoms with Crippen molar-refractivity contribution in [2.45, 2.75) is 31.7 Å².